The lowest BCUT2D eigenvalue weighted by atomic mass is 10.0. The van der Waals surface area contributed by atoms with Gasteiger partial charge in [-0.15, -0.1) is 0 Å². The molecule has 0 aliphatic carbocycles. The van der Waals surface area contributed by atoms with E-state index in [-0.39, 0.29) is 0 Å². The number of rotatable bonds is 0. The SMILES string of the molecule is c1cc2c3ccc4c(ccnc4c3n1)CNCCCNCc1ccnc3c1ccc1c(ccnc13)CNCCCNC2. The summed E-state index contributed by atoms with van der Waals surface area (Å²) in [6, 6.07) is 17.3. The predicted octanol–water partition coefficient (Wildman–Crippen LogP) is 4.73. The highest BCUT2D eigenvalue weighted by Gasteiger charge is 2.12. The van der Waals surface area contributed by atoms with E-state index in [4.69, 9.17) is 19.9 Å². The van der Waals surface area contributed by atoms with Crippen molar-refractivity contribution in [2.45, 2.75) is 39.0 Å². The molecule has 4 N–H and O–H groups in total. The fourth-order valence-corrected chi connectivity index (χ4v) is 6.07. The Morgan fingerprint density at radius 2 is 0.619 bits per heavy atom. The number of nitrogens with one attached hydrogen (secondary N) is 4. The third kappa shape index (κ3) is 5.42. The van der Waals surface area contributed by atoms with Crippen LogP contribution >= 0.6 is 0 Å². The maximum atomic E-state index is 4.74. The van der Waals surface area contributed by atoms with Gasteiger partial charge in [-0.25, -0.2) is 0 Å². The Labute approximate surface area is 245 Å². The van der Waals surface area contributed by atoms with Crippen LogP contribution in [-0.4, -0.2) is 46.1 Å². The van der Waals surface area contributed by atoms with E-state index in [2.05, 4.69) is 69.8 Å². The lowest BCUT2D eigenvalue weighted by Crippen LogP contribution is -2.22. The van der Waals surface area contributed by atoms with Crippen LogP contribution in [0.3, 0.4) is 0 Å². The van der Waals surface area contributed by atoms with Gasteiger partial charge in [0.05, 0.1) is 22.1 Å². The van der Waals surface area contributed by atoms with Gasteiger partial charge in [0.25, 0.3) is 0 Å². The normalized spacial score (nSPS) is 16.2. The minimum atomic E-state index is 0.802. The highest BCUT2D eigenvalue weighted by Crippen LogP contribution is 2.28. The molecule has 0 saturated heterocycles. The highest BCUT2D eigenvalue weighted by atomic mass is 14.9. The number of fused-ring (bicyclic) bond motifs is 14. The fraction of sp³-hybridized carbons (Fsp3) is 0.294. The van der Waals surface area contributed by atoms with Crippen molar-refractivity contribution < 1.29 is 0 Å². The van der Waals surface area contributed by atoms with Gasteiger partial charge in [-0.3, -0.25) is 19.9 Å². The minimum absolute atomic E-state index is 0.802. The molecular formula is C34H36N8. The van der Waals surface area contributed by atoms with Crippen LogP contribution in [0.2, 0.25) is 0 Å². The summed E-state index contributed by atoms with van der Waals surface area (Å²) in [5.74, 6) is 0. The van der Waals surface area contributed by atoms with Gasteiger partial charge in [-0.1, -0.05) is 24.3 Å². The first kappa shape index (κ1) is 26.8. The molecule has 6 heterocycles. The standard InChI is InChI=1S/C34H36N8/c1-11-35-19-23-7-15-39-31-27(23)3-5-29-25(9-17-41-33(29)31)21-37-13-2-14-38-22-26-10-18-42-34-30(26)6-4-28-24(20-36-12-1)8-16-40-32(28)34/h3-10,15-18,35-38H,1-2,11-14,19-22H2. The first-order valence-electron chi connectivity index (χ1n) is 15.0. The lowest BCUT2D eigenvalue weighted by Gasteiger charge is -2.13. The van der Waals surface area contributed by atoms with Crippen LogP contribution in [0.5, 0.6) is 0 Å². The molecule has 0 saturated carbocycles. The molecule has 0 unspecified atom stereocenters. The second kappa shape index (κ2) is 12.4. The Morgan fingerprint density at radius 1 is 0.357 bits per heavy atom. The lowest BCUT2D eigenvalue weighted by molar-refractivity contribution is 0.596. The topological polar surface area (TPSA) is 99.7 Å². The maximum absolute atomic E-state index is 4.74. The second-order valence-electron chi connectivity index (χ2n) is 11.0. The van der Waals surface area contributed by atoms with Crippen molar-refractivity contribution in [2.75, 3.05) is 26.2 Å². The summed E-state index contributed by atoms with van der Waals surface area (Å²) in [5.41, 5.74) is 8.90. The number of hydrogen-bond donors (Lipinski definition) is 4. The van der Waals surface area contributed by atoms with Gasteiger partial charge in [-0.05, 0) is 85.5 Å². The van der Waals surface area contributed by atoms with E-state index in [0.29, 0.717) is 0 Å². The van der Waals surface area contributed by atoms with E-state index in [0.717, 1.165) is 87.3 Å². The molecule has 2 aromatic carbocycles. The van der Waals surface area contributed by atoms with Crippen LogP contribution in [0.4, 0.5) is 0 Å². The van der Waals surface area contributed by atoms with Crippen LogP contribution in [0.25, 0.3) is 43.6 Å². The maximum Gasteiger partial charge on any atom is 0.0967 e. The van der Waals surface area contributed by atoms with Crippen molar-refractivity contribution in [1.82, 2.24) is 41.2 Å². The number of hydrogen-bond acceptors (Lipinski definition) is 8. The summed E-state index contributed by atoms with van der Waals surface area (Å²) in [5, 5.41) is 19.2. The summed E-state index contributed by atoms with van der Waals surface area (Å²) in [6.45, 7) is 6.94. The molecule has 2 aliphatic heterocycles. The van der Waals surface area contributed by atoms with Crippen molar-refractivity contribution in [3.63, 3.8) is 0 Å². The summed E-state index contributed by atoms with van der Waals surface area (Å²) in [7, 11) is 0. The summed E-state index contributed by atoms with van der Waals surface area (Å²) >= 11 is 0. The Kier molecular flexibility index (Phi) is 7.93. The zero-order valence-corrected chi connectivity index (χ0v) is 23.8. The first-order chi connectivity index (χ1) is 20.9. The Balaban J connectivity index is 1.14. The van der Waals surface area contributed by atoms with Crippen LogP contribution in [0.15, 0.2) is 73.3 Å². The molecule has 0 amide bonds. The number of benzene rings is 2. The zero-order chi connectivity index (χ0) is 28.1. The average molecular weight is 557 g/mol. The molecule has 8 nitrogen and oxygen atoms in total. The summed E-state index contributed by atoms with van der Waals surface area (Å²) in [4.78, 5) is 19.0. The second-order valence-corrected chi connectivity index (χ2v) is 11.0. The molecule has 0 spiro atoms. The van der Waals surface area contributed by atoms with E-state index in [9.17, 15) is 0 Å². The molecule has 6 aromatic rings. The Morgan fingerprint density at radius 3 is 0.881 bits per heavy atom. The van der Waals surface area contributed by atoms with Gasteiger partial charge < -0.3 is 21.3 Å². The zero-order valence-electron chi connectivity index (χ0n) is 23.8. The van der Waals surface area contributed by atoms with Crippen LogP contribution in [0.1, 0.15) is 35.1 Å². The number of nitrogens with zero attached hydrogens (tertiary/aromatic N) is 4. The molecule has 8 rings (SSSR count). The predicted molar refractivity (Wildman–Crippen MR) is 170 cm³/mol. The molecule has 8 heteroatoms. The number of aromatic nitrogens is 4. The van der Waals surface area contributed by atoms with Gasteiger partial charge in [-0.2, -0.15) is 0 Å². The monoisotopic (exact) mass is 556 g/mol. The average Bonchev–Trinajstić information content (AvgIpc) is 3.03. The van der Waals surface area contributed by atoms with E-state index in [1.807, 2.05) is 24.8 Å². The van der Waals surface area contributed by atoms with Crippen molar-refractivity contribution in [2.24, 2.45) is 0 Å². The van der Waals surface area contributed by atoms with E-state index >= 15 is 0 Å². The smallest absolute Gasteiger partial charge is 0.0967 e. The third-order valence-electron chi connectivity index (χ3n) is 8.28. The van der Waals surface area contributed by atoms with Crippen LogP contribution < -0.4 is 21.3 Å². The molecule has 0 atom stereocenters. The van der Waals surface area contributed by atoms with Crippen LogP contribution in [-0.2, 0) is 26.2 Å². The molecule has 8 bridgehead atoms. The minimum Gasteiger partial charge on any atom is -0.313 e. The van der Waals surface area contributed by atoms with Crippen LogP contribution in [0, 0.1) is 0 Å². The quantitative estimate of drug-likeness (QED) is 0.199. The molecular weight excluding hydrogens is 520 g/mol. The van der Waals surface area contributed by atoms with Crippen molar-refractivity contribution >= 4 is 43.6 Å². The third-order valence-corrected chi connectivity index (χ3v) is 8.28. The molecule has 212 valence electrons. The summed E-state index contributed by atoms with van der Waals surface area (Å²) in [6.07, 6.45) is 9.71. The molecule has 0 fully saturated rings. The summed E-state index contributed by atoms with van der Waals surface area (Å²) < 4.78 is 0. The highest BCUT2D eigenvalue weighted by molar-refractivity contribution is 6.05. The van der Waals surface area contributed by atoms with Crippen molar-refractivity contribution in [3.8, 4) is 0 Å². The van der Waals surface area contributed by atoms with E-state index in [1.54, 1.807) is 0 Å². The van der Waals surface area contributed by atoms with Gasteiger partial charge in [0.15, 0.2) is 0 Å². The van der Waals surface area contributed by atoms with E-state index in [1.165, 1.54) is 43.8 Å². The van der Waals surface area contributed by atoms with Gasteiger partial charge in [0.1, 0.15) is 0 Å². The fourth-order valence-electron chi connectivity index (χ4n) is 6.07. The van der Waals surface area contributed by atoms with Crippen molar-refractivity contribution in [3.05, 3.63) is 95.6 Å². The Hall–Kier alpha value is -4.08. The first-order valence-corrected chi connectivity index (χ1v) is 15.0. The van der Waals surface area contributed by atoms with E-state index < -0.39 is 0 Å². The van der Waals surface area contributed by atoms with Crippen molar-refractivity contribution in [1.29, 1.82) is 0 Å². The molecule has 0 radical (unpaired) electrons. The van der Waals surface area contributed by atoms with Gasteiger partial charge in [0, 0.05) is 72.5 Å². The van der Waals surface area contributed by atoms with Gasteiger partial charge in [0.2, 0.25) is 0 Å². The Bertz CT molecular complexity index is 1600. The molecule has 4 aromatic heterocycles. The number of pyridine rings is 4. The van der Waals surface area contributed by atoms with Gasteiger partial charge >= 0.3 is 0 Å². The largest absolute Gasteiger partial charge is 0.313 e. The molecule has 42 heavy (non-hydrogen) atoms. The molecule has 2 aliphatic rings.